The van der Waals surface area contributed by atoms with E-state index < -0.39 is 8.80 Å². The van der Waals surface area contributed by atoms with E-state index in [1.807, 2.05) is 0 Å². The van der Waals surface area contributed by atoms with E-state index in [4.69, 9.17) is 9.47 Å². The fraction of sp³-hybridized carbons (Fsp3) is 0.833. The Hall–Kier alpha value is -0.123. The molecular formula is C12H22O2Si. The molecule has 86 valence electrons. The maximum Gasteiger partial charge on any atom is 0.103 e. The van der Waals surface area contributed by atoms with Crippen LogP contribution >= 0.6 is 0 Å². The molecule has 0 spiro atoms. The summed E-state index contributed by atoms with van der Waals surface area (Å²) in [6, 6.07) is 2.65. The van der Waals surface area contributed by atoms with Gasteiger partial charge in [-0.15, -0.1) is 0 Å². The molecule has 1 saturated heterocycles. The molecule has 2 nitrogen and oxygen atoms in total. The van der Waals surface area contributed by atoms with Gasteiger partial charge in [-0.2, -0.15) is 0 Å². The van der Waals surface area contributed by atoms with Gasteiger partial charge in [-0.3, -0.25) is 0 Å². The summed E-state index contributed by atoms with van der Waals surface area (Å²) in [6.07, 6.45) is 6.26. The minimum absolute atomic E-state index is 0.133. The normalized spacial score (nSPS) is 38.1. The second-order valence-electron chi connectivity index (χ2n) is 4.61. The quantitative estimate of drug-likeness (QED) is 0.529. The lowest BCUT2D eigenvalue weighted by Crippen LogP contribution is -2.42. The largest absolute Gasteiger partial charge is 0.375 e. The standard InChI is InChI=1S/C12H22O2Si/c1-4-13-11-9-12(15(5-2)6-3)8-7-10(11)14-12/h7-8,10-11,15H,4-6,9H2,1-3H3. The molecule has 0 amide bonds. The molecule has 15 heavy (non-hydrogen) atoms. The number of hydrogen-bond donors (Lipinski definition) is 0. The highest BCUT2D eigenvalue weighted by atomic mass is 28.3. The molecule has 3 unspecified atom stereocenters. The third kappa shape index (κ3) is 1.81. The Morgan fingerprint density at radius 1 is 1.40 bits per heavy atom. The van der Waals surface area contributed by atoms with Crippen molar-refractivity contribution in [3.05, 3.63) is 12.2 Å². The maximum absolute atomic E-state index is 6.19. The average molecular weight is 226 g/mol. The second-order valence-corrected chi connectivity index (χ2v) is 8.61. The zero-order valence-electron chi connectivity index (χ0n) is 10.0. The molecule has 0 N–H and O–H groups in total. The molecular weight excluding hydrogens is 204 g/mol. The Labute approximate surface area is 94.3 Å². The third-order valence-corrected chi connectivity index (χ3v) is 7.79. The van der Waals surface area contributed by atoms with Crippen LogP contribution in [0.1, 0.15) is 27.2 Å². The van der Waals surface area contributed by atoms with Crippen molar-refractivity contribution in [1.82, 2.24) is 0 Å². The van der Waals surface area contributed by atoms with Crippen molar-refractivity contribution in [2.24, 2.45) is 0 Å². The van der Waals surface area contributed by atoms with Gasteiger partial charge in [-0.25, -0.2) is 0 Å². The summed E-state index contributed by atoms with van der Waals surface area (Å²) >= 11 is 0. The van der Waals surface area contributed by atoms with Crippen LogP contribution in [0.4, 0.5) is 0 Å². The van der Waals surface area contributed by atoms with Crippen molar-refractivity contribution in [2.45, 2.75) is 56.7 Å². The average Bonchev–Trinajstić information content (AvgIpc) is 2.78. The molecule has 0 aromatic heterocycles. The number of rotatable bonds is 5. The fourth-order valence-electron chi connectivity index (χ4n) is 3.08. The molecule has 2 rings (SSSR count). The van der Waals surface area contributed by atoms with Crippen LogP contribution in [-0.4, -0.2) is 32.8 Å². The van der Waals surface area contributed by atoms with Crippen LogP contribution in [0.5, 0.6) is 0 Å². The van der Waals surface area contributed by atoms with Gasteiger partial charge in [0.25, 0.3) is 0 Å². The van der Waals surface area contributed by atoms with Gasteiger partial charge in [0.15, 0.2) is 0 Å². The molecule has 2 heterocycles. The van der Waals surface area contributed by atoms with Crippen molar-refractivity contribution in [1.29, 1.82) is 0 Å². The molecule has 2 aliphatic heterocycles. The van der Waals surface area contributed by atoms with Crippen molar-refractivity contribution in [2.75, 3.05) is 6.61 Å². The lowest BCUT2D eigenvalue weighted by Gasteiger charge is -2.30. The van der Waals surface area contributed by atoms with Gasteiger partial charge in [0.1, 0.15) is 6.10 Å². The van der Waals surface area contributed by atoms with Crippen LogP contribution in [0.3, 0.4) is 0 Å². The smallest absolute Gasteiger partial charge is 0.103 e. The number of hydrogen-bond acceptors (Lipinski definition) is 2. The van der Waals surface area contributed by atoms with Crippen LogP contribution in [0.15, 0.2) is 12.2 Å². The van der Waals surface area contributed by atoms with Crippen LogP contribution in [0.25, 0.3) is 0 Å². The highest BCUT2D eigenvalue weighted by molar-refractivity contribution is 6.62. The summed E-state index contributed by atoms with van der Waals surface area (Å²) < 4.78 is 11.9. The van der Waals surface area contributed by atoms with Crippen LogP contribution in [-0.2, 0) is 9.47 Å². The number of fused-ring (bicyclic) bond motifs is 2. The molecule has 0 aliphatic carbocycles. The van der Waals surface area contributed by atoms with E-state index in [0.29, 0.717) is 6.10 Å². The highest BCUT2D eigenvalue weighted by Gasteiger charge is 2.52. The van der Waals surface area contributed by atoms with E-state index in [1.165, 1.54) is 12.1 Å². The number of ether oxygens (including phenoxy) is 2. The van der Waals surface area contributed by atoms with E-state index in [1.54, 1.807) is 0 Å². The molecule has 2 bridgehead atoms. The Morgan fingerprint density at radius 3 is 2.73 bits per heavy atom. The molecule has 3 heteroatoms. The van der Waals surface area contributed by atoms with E-state index in [-0.39, 0.29) is 11.3 Å². The SMILES string of the molecule is CCOC1CC2([SiH](CC)CC)C=CC1O2. The predicted octanol–water partition coefficient (Wildman–Crippen LogP) is 2.30. The topological polar surface area (TPSA) is 18.5 Å². The molecule has 0 radical (unpaired) electrons. The molecule has 0 aromatic carbocycles. The molecule has 3 atom stereocenters. The zero-order valence-corrected chi connectivity index (χ0v) is 11.2. The Balaban J connectivity index is 2.09. The summed E-state index contributed by atoms with van der Waals surface area (Å²) in [7, 11) is -0.791. The summed E-state index contributed by atoms with van der Waals surface area (Å²) in [4.78, 5) is 0. The van der Waals surface area contributed by atoms with Crippen molar-refractivity contribution in [3.63, 3.8) is 0 Å². The third-order valence-electron chi connectivity index (χ3n) is 3.87. The Kier molecular flexibility index (Phi) is 3.33. The van der Waals surface area contributed by atoms with Crippen molar-refractivity contribution in [3.8, 4) is 0 Å². The van der Waals surface area contributed by atoms with Gasteiger partial charge >= 0.3 is 0 Å². The first-order chi connectivity index (χ1) is 7.25. The minimum Gasteiger partial charge on any atom is -0.375 e. The predicted molar refractivity (Wildman–Crippen MR) is 64.9 cm³/mol. The lowest BCUT2D eigenvalue weighted by atomic mass is 10.0. The Bertz CT molecular complexity index is 250. The van der Waals surface area contributed by atoms with E-state index in [0.717, 1.165) is 13.0 Å². The Morgan fingerprint density at radius 2 is 2.13 bits per heavy atom. The van der Waals surface area contributed by atoms with Gasteiger partial charge in [-0.05, 0) is 6.92 Å². The van der Waals surface area contributed by atoms with Crippen LogP contribution < -0.4 is 0 Å². The van der Waals surface area contributed by atoms with E-state index in [9.17, 15) is 0 Å². The fourth-order valence-corrected chi connectivity index (χ4v) is 6.34. The molecule has 0 saturated carbocycles. The van der Waals surface area contributed by atoms with E-state index in [2.05, 4.69) is 32.9 Å². The highest BCUT2D eigenvalue weighted by Crippen LogP contribution is 2.43. The molecule has 2 aliphatic rings. The van der Waals surface area contributed by atoms with Crippen molar-refractivity contribution < 1.29 is 9.47 Å². The van der Waals surface area contributed by atoms with Crippen LogP contribution in [0, 0.1) is 0 Å². The lowest BCUT2D eigenvalue weighted by molar-refractivity contribution is 0.0136. The maximum atomic E-state index is 6.19. The van der Waals surface area contributed by atoms with Gasteiger partial charge in [0.05, 0.1) is 20.1 Å². The summed E-state index contributed by atoms with van der Waals surface area (Å²) in [5, 5.41) is 0.133. The first-order valence-electron chi connectivity index (χ1n) is 6.24. The first-order valence-corrected chi connectivity index (χ1v) is 8.45. The minimum atomic E-state index is -0.791. The van der Waals surface area contributed by atoms with Gasteiger partial charge in [0.2, 0.25) is 0 Å². The first kappa shape index (κ1) is 11.4. The van der Waals surface area contributed by atoms with Gasteiger partial charge < -0.3 is 9.47 Å². The van der Waals surface area contributed by atoms with Crippen molar-refractivity contribution >= 4 is 8.80 Å². The summed E-state index contributed by atoms with van der Waals surface area (Å²) in [5.41, 5.74) is 0. The molecule has 0 aromatic rings. The van der Waals surface area contributed by atoms with Gasteiger partial charge in [0, 0.05) is 13.0 Å². The van der Waals surface area contributed by atoms with E-state index >= 15 is 0 Å². The second kappa shape index (κ2) is 4.40. The van der Waals surface area contributed by atoms with Crippen LogP contribution in [0.2, 0.25) is 12.1 Å². The zero-order chi connectivity index (χ0) is 10.9. The summed E-state index contributed by atoms with van der Waals surface area (Å²) in [5.74, 6) is 0. The monoisotopic (exact) mass is 226 g/mol. The van der Waals surface area contributed by atoms with Gasteiger partial charge in [-0.1, -0.05) is 38.1 Å². The molecule has 1 fully saturated rings. The summed E-state index contributed by atoms with van der Waals surface area (Å²) in [6.45, 7) is 7.50.